The molecule has 2 aromatic carbocycles. The van der Waals surface area contributed by atoms with Gasteiger partial charge < -0.3 is 4.98 Å². The van der Waals surface area contributed by atoms with Gasteiger partial charge >= 0.3 is 0 Å². The van der Waals surface area contributed by atoms with E-state index in [1.54, 1.807) is 6.07 Å². The Labute approximate surface area is 115 Å². The van der Waals surface area contributed by atoms with Crippen molar-refractivity contribution in [2.45, 2.75) is 6.92 Å². The van der Waals surface area contributed by atoms with Crippen LogP contribution in [-0.2, 0) is 0 Å². The van der Waals surface area contributed by atoms with Crippen molar-refractivity contribution in [3.8, 4) is 11.4 Å². The average molecular weight is 277 g/mol. The highest BCUT2D eigenvalue weighted by atomic mass is 35.5. The number of aromatic amines is 1. The molecule has 90 valence electrons. The number of nitrogens with one attached hydrogen (secondary N) is 1. The van der Waals surface area contributed by atoms with Crippen LogP contribution in [0.25, 0.3) is 22.4 Å². The van der Waals surface area contributed by atoms with E-state index >= 15 is 0 Å². The predicted molar refractivity (Wildman–Crippen MR) is 76.3 cm³/mol. The number of halogens is 2. The maximum atomic E-state index is 6.14. The van der Waals surface area contributed by atoms with Gasteiger partial charge in [-0.2, -0.15) is 0 Å². The van der Waals surface area contributed by atoms with Gasteiger partial charge in [0.15, 0.2) is 0 Å². The number of aryl methyl sites for hydroxylation is 1. The molecule has 0 bridgehead atoms. The molecule has 1 N–H and O–H groups in total. The third-order valence-electron chi connectivity index (χ3n) is 2.87. The first-order valence-electron chi connectivity index (χ1n) is 5.56. The fourth-order valence-corrected chi connectivity index (χ4v) is 2.23. The molecule has 0 atom stereocenters. The summed E-state index contributed by atoms with van der Waals surface area (Å²) in [4.78, 5) is 7.75. The highest BCUT2D eigenvalue weighted by Gasteiger charge is 2.10. The Kier molecular flexibility index (Phi) is 2.77. The van der Waals surface area contributed by atoms with Crippen molar-refractivity contribution in [2.75, 3.05) is 0 Å². The van der Waals surface area contributed by atoms with Crippen molar-refractivity contribution >= 4 is 34.2 Å². The summed E-state index contributed by atoms with van der Waals surface area (Å²) in [5, 5.41) is 1.01. The van der Waals surface area contributed by atoms with Gasteiger partial charge in [0.05, 0.1) is 15.6 Å². The van der Waals surface area contributed by atoms with Crippen LogP contribution in [0, 0.1) is 6.92 Å². The predicted octanol–water partition coefficient (Wildman–Crippen LogP) is 4.85. The molecular weight excluding hydrogens is 267 g/mol. The van der Waals surface area contributed by atoms with E-state index in [4.69, 9.17) is 23.2 Å². The molecule has 0 fully saturated rings. The van der Waals surface area contributed by atoms with Gasteiger partial charge in [-0.05, 0) is 19.1 Å². The zero-order valence-electron chi connectivity index (χ0n) is 9.67. The van der Waals surface area contributed by atoms with E-state index < -0.39 is 0 Å². The van der Waals surface area contributed by atoms with Crippen LogP contribution >= 0.6 is 23.2 Å². The maximum absolute atomic E-state index is 6.14. The van der Waals surface area contributed by atoms with E-state index in [-0.39, 0.29) is 0 Å². The zero-order chi connectivity index (χ0) is 12.7. The number of rotatable bonds is 1. The topological polar surface area (TPSA) is 28.7 Å². The number of hydrogen-bond acceptors (Lipinski definition) is 1. The SMILES string of the molecule is Cc1ccc(-c2nc3c(Cl)c(Cl)ccc3[nH]2)cc1. The second-order valence-electron chi connectivity index (χ2n) is 4.21. The zero-order valence-corrected chi connectivity index (χ0v) is 11.2. The first kappa shape index (κ1) is 11.6. The number of H-pyrrole nitrogens is 1. The number of fused-ring (bicyclic) bond motifs is 1. The van der Waals surface area contributed by atoms with Crippen LogP contribution in [0.4, 0.5) is 0 Å². The lowest BCUT2D eigenvalue weighted by Gasteiger charge is -1.96. The number of imidazole rings is 1. The van der Waals surface area contributed by atoms with Crippen molar-refractivity contribution in [3.05, 3.63) is 52.0 Å². The summed E-state index contributed by atoms with van der Waals surface area (Å²) in [5.41, 5.74) is 3.85. The second-order valence-corrected chi connectivity index (χ2v) is 4.99. The van der Waals surface area contributed by atoms with Crippen LogP contribution in [-0.4, -0.2) is 9.97 Å². The molecule has 1 heterocycles. The van der Waals surface area contributed by atoms with Crippen LogP contribution in [0.1, 0.15) is 5.56 Å². The summed E-state index contributed by atoms with van der Waals surface area (Å²) in [6, 6.07) is 11.8. The first-order chi connectivity index (χ1) is 8.65. The monoisotopic (exact) mass is 276 g/mol. The van der Waals surface area contributed by atoms with Gasteiger partial charge in [0.1, 0.15) is 11.3 Å². The van der Waals surface area contributed by atoms with Crippen molar-refractivity contribution in [3.63, 3.8) is 0 Å². The molecule has 1 aromatic heterocycles. The number of aromatic nitrogens is 2. The van der Waals surface area contributed by atoms with E-state index in [9.17, 15) is 0 Å². The normalized spacial score (nSPS) is 11.1. The smallest absolute Gasteiger partial charge is 0.138 e. The summed E-state index contributed by atoms with van der Waals surface area (Å²) < 4.78 is 0. The van der Waals surface area contributed by atoms with Crippen LogP contribution in [0.3, 0.4) is 0 Å². The highest BCUT2D eigenvalue weighted by molar-refractivity contribution is 6.44. The molecule has 0 unspecified atom stereocenters. The Hall–Kier alpha value is -1.51. The molecule has 4 heteroatoms. The van der Waals surface area contributed by atoms with Crippen LogP contribution in [0.15, 0.2) is 36.4 Å². The van der Waals surface area contributed by atoms with Gasteiger partial charge in [-0.1, -0.05) is 53.0 Å². The summed E-state index contributed by atoms with van der Waals surface area (Å²) in [6.07, 6.45) is 0. The Morgan fingerprint density at radius 2 is 1.72 bits per heavy atom. The molecule has 3 rings (SSSR count). The minimum absolute atomic E-state index is 0.490. The van der Waals surface area contributed by atoms with Crippen LogP contribution < -0.4 is 0 Å². The second kappa shape index (κ2) is 4.30. The molecule has 3 aromatic rings. The molecule has 0 saturated heterocycles. The molecule has 0 aliphatic rings. The quantitative estimate of drug-likeness (QED) is 0.677. The van der Waals surface area contributed by atoms with Crippen molar-refractivity contribution in [2.24, 2.45) is 0 Å². The molecular formula is C14H10Cl2N2. The fourth-order valence-electron chi connectivity index (χ4n) is 1.87. The molecule has 0 aliphatic carbocycles. The molecule has 0 spiro atoms. The van der Waals surface area contributed by atoms with Gasteiger partial charge in [0, 0.05) is 5.56 Å². The van der Waals surface area contributed by atoms with E-state index in [1.807, 2.05) is 18.2 Å². The highest BCUT2D eigenvalue weighted by Crippen LogP contribution is 2.31. The van der Waals surface area contributed by atoms with Gasteiger partial charge in [-0.3, -0.25) is 0 Å². The van der Waals surface area contributed by atoms with Crippen molar-refractivity contribution in [1.29, 1.82) is 0 Å². The van der Waals surface area contributed by atoms with E-state index in [0.717, 1.165) is 16.9 Å². The minimum atomic E-state index is 0.490. The number of nitrogens with zero attached hydrogens (tertiary/aromatic N) is 1. The Morgan fingerprint density at radius 1 is 1.00 bits per heavy atom. The summed E-state index contributed by atoms with van der Waals surface area (Å²) in [7, 11) is 0. The maximum Gasteiger partial charge on any atom is 0.138 e. The molecule has 0 aliphatic heterocycles. The van der Waals surface area contributed by atoms with Gasteiger partial charge in [0.25, 0.3) is 0 Å². The van der Waals surface area contributed by atoms with Crippen LogP contribution in [0.5, 0.6) is 0 Å². The largest absolute Gasteiger partial charge is 0.338 e. The van der Waals surface area contributed by atoms with Crippen molar-refractivity contribution < 1.29 is 0 Å². The van der Waals surface area contributed by atoms with E-state index in [1.165, 1.54) is 5.56 Å². The minimum Gasteiger partial charge on any atom is -0.338 e. The molecule has 18 heavy (non-hydrogen) atoms. The molecule has 0 saturated carbocycles. The third kappa shape index (κ3) is 1.88. The Bertz CT molecular complexity index is 714. The van der Waals surface area contributed by atoms with Gasteiger partial charge in [-0.25, -0.2) is 4.98 Å². The summed E-state index contributed by atoms with van der Waals surface area (Å²) in [5.74, 6) is 0.800. The first-order valence-corrected chi connectivity index (χ1v) is 6.31. The number of hydrogen-bond donors (Lipinski definition) is 1. The summed E-state index contributed by atoms with van der Waals surface area (Å²) in [6.45, 7) is 2.05. The average Bonchev–Trinajstić information content (AvgIpc) is 2.80. The van der Waals surface area contributed by atoms with Gasteiger partial charge in [0.2, 0.25) is 0 Å². The van der Waals surface area contributed by atoms with Gasteiger partial charge in [-0.15, -0.1) is 0 Å². The number of benzene rings is 2. The third-order valence-corrected chi connectivity index (χ3v) is 3.67. The van der Waals surface area contributed by atoms with E-state index in [2.05, 4.69) is 29.0 Å². The Morgan fingerprint density at radius 3 is 2.44 bits per heavy atom. The lowest BCUT2D eigenvalue weighted by atomic mass is 10.1. The molecule has 0 radical (unpaired) electrons. The van der Waals surface area contributed by atoms with Crippen LogP contribution in [0.2, 0.25) is 10.0 Å². The lowest BCUT2D eigenvalue weighted by molar-refractivity contribution is 1.33. The lowest BCUT2D eigenvalue weighted by Crippen LogP contribution is -1.80. The molecule has 2 nitrogen and oxygen atoms in total. The Balaban J connectivity index is 2.19. The van der Waals surface area contributed by atoms with Crippen molar-refractivity contribution in [1.82, 2.24) is 9.97 Å². The standard InChI is InChI=1S/C14H10Cl2N2/c1-8-2-4-9(5-3-8)14-17-11-7-6-10(15)12(16)13(11)18-14/h2-7H,1H3,(H,17,18). The summed E-state index contributed by atoms with van der Waals surface area (Å²) >= 11 is 12.1. The van der Waals surface area contributed by atoms with E-state index in [0.29, 0.717) is 15.6 Å². The fraction of sp³-hybridized carbons (Fsp3) is 0.0714. The molecule has 0 amide bonds.